The van der Waals surface area contributed by atoms with E-state index in [-0.39, 0.29) is 12.0 Å². The highest BCUT2D eigenvalue weighted by molar-refractivity contribution is 5.91. The molecule has 8 rings (SSSR count). The lowest BCUT2D eigenvalue weighted by molar-refractivity contribution is 0.270. The zero-order valence-corrected chi connectivity index (χ0v) is 26.9. The van der Waals surface area contributed by atoms with Crippen LogP contribution >= 0.6 is 0 Å². The zero-order chi connectivity index (χ0) is 31.2. The van der Waals surface area contributed by atoms with E-state index in [9.17, 15) is 0 Å². The molecule has 2 aromatic heterocycles. The number of allylic oxidation sites excluding steroid dienone is 4. The van der Waals surface area contributed by atoms with Gasteiger partial charge in [-0.2, -0.15) is 0 Å². The van der Waals surface area contributed by atoms with Gasteiger partial charge < -0.3 is 13.9 Å². The molecule has 3 heterocycles. The SMILES string of the molecule is C/C=C\c1c(C)c2c(n1/C=C/C1c3cc(-c4cccc(-n5c6c(c7ccccc75)CCC=C6)c4)ccc3OC1/C=C\C)C=CCC2. The lowest BCUT2D eigenvalue weighted by Crippen LogP contribution is -2.14. The number of rotatable bonds is 6. The summed E-state index contributed by atoms with van der Waals surface area (Å²) < 4.78 is 11.3. The van der Waals surface area contributed by atoms with Crippen LogP contribution in [0.3, 0.4) is 0 Å². The van der Waals surface area contributed by atoms with Gasteiger partial charge in [0.2, 0.25) is 0 Å². The molecule has 3 aliphatic rings. The maximum Gasteiger partial charge on any atom is 0.127 e. The lowest BCUT2D eigenvalue weighted by Gasteiger charge is -2.14. The minimum absolute atomic E-state index is 0.0458. The molecule has 46 heavy (non-hydrogen) atoms. The quantitative estimate of drug-likeness (QED) is 0.177. The number of aromatic nitrogens is 2. The second-order valence-corrected chi connectivity index (χ2v) is 12.6. The monoisotopic (exact) mass is 600 g/mol. The van der Waals surface area contributed by atoms with Crippen molar-refractivity contribution in [3.05, 3.63) is 143 Å². The Balaban J connectivity index is 1.20. The van der Waals surface area contributed by atoms with Crippen molar-refractivity contribution in [3.8, 4) is 22.6 Å². The van der Waals surface area contributed by atoms with Crippen molar-refractivity contribution in [3.63, 3.8) is 0 Å². The van der Waals surface area contributed by atoms with Gasteiger partial charge in [-0.15, -0.1) is 0 Å². The highest BCUT2D eigenvalue weighted by atomic mass is 16.5. The maximum absolute atomic E-state index is 6.54. The molecule has 0 spiro atoms. The highest BCUT2D eigenvalue weighted by Gasteiger charge is 2.31. The lowest BCUT2D eigenvalue weighted by atomic mass is 9.92. The molecule has 5 aromatic rings. The molecule has 3 nitrogen and oxygen atoms in total. The first kappa shape index (κ1) is 28.5. The molecule has 0 saturated heterocycles. The van der Waals surface area contributed by atoms with Gasteiger partial charge in [0.15, 0.2) is 0 Å². The number of ether oxygens (including phenoxy) is 1. The van der Waals surface area contributed by atoms with Gasteiger partial charge in [-0.25, -0.2) is 0 Å². The van der Waals surface area contributed by atoms with Crippen molar-refractivity contribution in [2.45, 2.75) is 58.5 Å². The molecule has 0 fully saturated rings. The molecule has 2 unspecified atom stereocenters. The molecule has 3 aromatic carbocycles. The van der Waals surface area contributed by atoms with Gasteiger partial charge in [0.05, 0.1) is 5.52 Å². The van der Waals surface area contributed by atoms with Crippen LogP contribution in [-0.4, -0.2) is 15.2 Å². The molecule has 228 valence electrons. The van der Waals surface area contributed by atoms with Crippen LogP contribution in [0, 0.1) is 6.92 Å². The first-order valence-corrected chi connectivity index (χ1v) is 16.7. The van der Waals surface area contributed by atoms with E-state index in [1.165, 1.54) is 67.1 Å². The first-order chi connectivity index (χ1) is 22.7. The molecule has 2 aliphatic carbocycles. The van der Waals surface area contributed by atoms with Crippen LogP contribution in [0.4, 0.5) is 0 Å². The number of nitrogens with zero attached hydrogens (tertiary/aromatic N) is 2. The van der Waals surface area contributed by atoms with Crippen molar-refractivity contribution < 1.29 is 4.74 Å². The van der Waals surface area contributed by atoms with Gasteiger partial charge in [0.25, 0.3) is 0 Å². The Labute approximate surface area is 272 Å². The Bertz CT molecular complexity index is 2130. The molecular weight excluding hydrogens is 560 g/mol. The molecule has 1 aliphatic heterocycles. The number of para-hydroxylation sites is 1. The normalized spacial score (nSPS) is 18.6. The van der Waals surface area contributed by atoms with E-state index in [0.717, 1.165) is 31.4 Å². The number of aryl methyl sites for hydroxylation is 1. The smallest absolute Gasteiger partial charge is 0.127 e. The predicted octanol–water partition coefficient (Wildman–Crippen LogP) is 11.0. The zero-order valence-electron chi connectivity index (χ0n) is 26.9. The summed E-state index contributed by atoms with van der Waals surface area (Å²) in [4.78, 5) is 0. The summed E-state index contributed by atoms with van der Waals surface area (Å²) in [5.74, 6) is 1.07. The van der Waals surface area contributed by atoms with Gasteiger partial charge in [-0.3, -0.25) is 0 Å². The second kappa shape index (κ2) is 11.7. The van der Waals surface area contributed by atoms with Gasteiger partial charge in [0.1, 0.15) is 11.9 Å². The Kier molecular flexibility index (Phi) is 7.25. The fourth-order valence-corrected chi connectivity index (χ4v) is 7.77. The summed E-state index contributed by atoms with van der Waals surface area (Å²) in [6.07, 6.45) is 26.8. The molecule has 0 bridgehead atoms. The Morgan fingerprint density at radius 3 is 2.43 bits per heavy atom. The third-order valence-corrected chi connectivity index (χ3v) is 9.93. The van der Waals surface area contributed by atoms with E-state index in [1.807, 2.05) is 0 Å². The third-order valence-electron chi connectivity index (χ3n) is 9.93. The van der Waals surface area contributed by atoms with Crippen LogP contribution < -0.4 is 4.74 Å². The largest absolute Gasteiger partial charge is 0.485 e. The Morgan fingerprint density at radius 2 is 1.59 bits per heavy atom. The van der Waals surface area contributed by atoms with E-state index in [0.29, 0.717) is 0 Å². The van der Waals surface area contributed by atoms with Crippen LogP contribution in [0.5, 0.6) is 5.75 Å². The second-order valence-electron chi connectivity index (χ2n) is 12.6. The number of hydrogen-bond donors (Lipinski definition) is 0. The van der Waals surface area contributed by atoms with Crippen molar-refractivity contribution in [2.75, 3.05) is 0 Å². The number of benzene rings is 3. The maximum atomic E-state index is 6.54. The van der Waals surface area contributed by atoms with Crippen molar-refractivity contribution in [2.24, 2.45) is 0 Å². The van der Waals surface area contributed by atoms with Crippen LogP contribution in [0.1, 0.15) is 71.9 Å². The van der Waals surface area contributed by atoms with E-state index in [1.54, 1.807) is 0 Å². The van der Waals surface area contributed by atoms with Gasteiger partial charge in [-0.1, -0.05) is 66.8 Å². The van der Waals surface area contributed by atoms with Crippen LogP contribution in [0.25, 0.3) is 52.1 Å². The topological polar surface area (TPSA) is 19.1 Å². The Hall–Kier alpha value is -5.02. The fraction of sp³-hybridized carbons (Fsp3) is 0.209. The van der Waals surface area contributed by atoms with Crippen LogP contribution in [-0.2, 0) is 12.8 Å². The predicted molar refractivity (Wildman–Crippen MR) is 195 cm³/mol. The van der Waals surface area contributed by atoms with E-state index in [4.69, 9.17) is 4.74 Å². The van der Waals surface area contributed by atoms with E-state index in [2.05, 4.69) is 158 Å². The summed E-state index contributed by atoms with van der Waals surface area (Å²) >= 11 is 0. The molecule has 0 radical (unpaired) electrons. The molecular formula is C43H40N2O. The minimum atomic E-state index is -0.0458. The molecule has 2 atom stereocenters. The summed E-state index contributed by atoms with van der Waals surface area (Å²) in [5, 5.41) is 1.36. The fourth-order valence-electron chi connectivity index (χ4n) is 7.77. The standard InChI is InChI=1S/C43H40N2O/c1-4-13-38-29(3)33-17-6-9-20-39(33)44(38)26-25-36-37-28-31(23-24-43(37)46-42(36)14-5-2)30-15-12-16-32(27-30)45-40-21-10-7-18-34(40)35-19-8-11-22-41(35)45/h4-5,7,9-16,18,20-28,36,42H,6,8,17,19H2,1-3H3/b13-4-,14-5-,26-25+. The average Bonchev–Trinajstić information content (AvgIpc) is 3.71. The van der Waals surface area contributed by atoms with Gasteiger partial charge in [-0.05, 0) is 129 Å². The van der Waals surface area contributed by atoms with Gasteiger partial charge >= 0.3 is 0 Å². The van der Waals surface area contributed by atoms with Crippen LogP contribution in [0.15, 0.2) is 103 Å². The first-order valence-electron chi connectivity index (χ1n) is 16.7. The highest BCUT2D eigenvalue weighted by Crippen LogP contribution is 2.43. The molecule has 0 N–H and O–H groups in total. The van der Waals surface area contributed by atoms with Crippen LogP contribution in [0.2, 0.25) is 0 Å². The number of hydrogen-bond acceptors (Lipinski definition) is 1. The minimum Gasteiger partial charge on any atom is -0.485 e. The molecule has 0 amide bonds. The van der Waals surface area contributed by atoms with E-state index >= 15 is 0 Å². The summed E-state index contributed by atoms with van der Waals surface area (Å²) in [5.41, 5.74) is 14.3. The average molecular weight is 601 g/mol. The third kappa shape index (κ3) is 4.65. The molecule has 3 heteroatoms. The van der Waals surface area contributed by atoms with Crippen molar-refractivity contribution in [1.29, 1.82) is 0 Å². The molecule has 0 saturated carbocycles. The number of fused-ring (bicyclic) bond motifs is 5. The van der Waals surface area contributed by atoms with Crippen molar-refractivity contribution >= 4 is 35.3 Å². The van der Waals surface area contributed by atoms with Crippen molar-refractivity contribution in [1.82, 2.24) is 9.13 Å². The summed E-state index contributed by atoms with van der Waals surface area (Å²) in [7, 11) is 0. The summed E-state index contributed by atoms with van der Waals surface area (Å²) in [6, 6.07) is 24.5. The van der Waals surface area contributed by atoms with Gasteiger partial charge in [0, 0.05) is 45.8 Å². The Morgan fingerprint density at radius 1 is 0.783 bits per heavy atom. The van der Waals surface area contributed by atoms with E-state index < -0.39 is 0 Å². The summed E-state index contributed by atoms with van der Waals surface area (Å²) in [6.45, 7) is 6.43.